The van der Waals surface area contributed by atoms with Crippen LogP contribution in [0.1, 0.15) is 28.3 Å². The molecule has 4 aromatic rings. The lowest BCUT2D eigenvalue weighted by molar-refractivity contribution is -0.129. The standard InChI is InChI=1S/C25H22F2N8O3/c1-33(2)21(36)13-34-12-19(31-24(37)18-11-30-35-7-3-6-29-23(18)35)22(32-34)17-8-14(16-9-15(16)10-28)4-5-20(17)38-25(26)27/h3-8,11-12,15-16,25H,9,13H2,1-2H3,(H,31,37). The highest BCUT2D eigenvalue weighted by Gasteiger charge is 2.39. The van der Waals surface area contributed by atoms with Crippen molar-refractivity contribution in [2.45, 2.75) is 25.5 Å². The predicted molar refractivity (Wildman–Crippen MR) is 130 cm³/mol. The first kappa shape index (κ1) is 24.8. The van der Waals surface area contributed by atoms with Gasteiger partial charge in [0.1, 0.15) is 23.6 Å². The fourth-order valence-corrected chi connectivity index (χ4v) is 4.12. The molecule has 1 aromatic carbocycles. The molecule has 1 saturated carbocycles. The molecule has 2 atom stereocenters. The Labute approximate surface area is 215 Å². The number of halogens is 2. The summed E-state index contributed by atoms with van der Waals surface area (Å²) in [5, 5.41) is 20.6. The first-order valence-electron chi connectivity index (χ1n) is 11.6. The lowest BCUT2D eigenvalue weighted by Gasteiger charge is -2.13. The zero-order valence-corrected chi connectivity index (χ0v) is 20.4. The van der Waals surface area contributed by atoms with Crippen molar-refractivity contribution in [2.75, 3.05) is 19.4 Å². The maximum absolute atomic E-state index is 13.3. The largest absolute Gasteiger partial charge is 0.434 e. The number of hydrogen-bond acceptors (Lipinski definition) is 7. The van der Waals surface area contributed by atoms with E-state index in [-0.39, 0.29) is 52.5 Å². The lowest BCUT2D eigenvalue weighted by atomic mass is 10.0. The third-order valence-electron chi connectivity index (χ3n) is 6.19. The zero-order valence-electron chi connectivity index (χ0n) is 20.4. The van der Waals surface area contributed by atoms with Gasteiger partial charge in [0.15, 0.2) is 5.65 Å². The van der Waals surface area contributed by atoms with Crippen molar-refractivity contribution < 1.29 is 23.1 Å². The number of hydrogen-bond donors (Lipinski definition) is 1. The minimum absolute atomic E-state index is 0.0420. The van der Waals surface area contributed by atoms with Crippen molar-refractivity contribution in [3.63, 3.8) is 0 Å². The number of carbonyl (C=O) groups excluding carboxylic acids is 2. The smallest absolute Gasteiger partial charge is 0.387 e. The number of likely N-dealkylation sites (N-methyl/N-ethyl adjacent to an activating group) is 1. The molecule has 3 aromatic heterocycles. The topological polar surface area (TPSA) is 130 Å². The van der Waals surface area contributed by atoms with Gasteiger partial charge in [-0.2, -0.15) is 24.2 Å². The fourth-order valence-electron chi connectivity index (χ4n) is 4.12. The SMILES string of the molecule is CN(C)C(=O)Cn1cc(NC(=O)c2cnn3cccnc23)c(-c2cc(C3CC3C#N)ccc2OC(F)F)n1. The molecule has 194 valence electrons. The van der Waals surface area contributed by atoms with Crippen LogP contribution in [-0.4, -0.2) is 61.8 Å². The van der Waals surface area contributed by atoms with E-state index >= 15 is 0 Å². The molecule has 1 aliphatic carbocycles. The number of rotatable bonds is 8. The molecule has 1 fully saturated rings. The quantitative estimate of drug-likeness (QED) is 0.378. The summed E-state index contributed by atoms with van der Waals surface area (Å²) < 4.78 is 34.1. The van der Waals surface area contributed by atoms with Gasteiger partial charge in [-0.25, -0.2) is 9.50 Å². The van der Waals surface area contributed by atoms with E-state index in [1.165, 1.54) is 38.8 Å². The van der Waals surface area contributed by atoms with Crippen LogP contribution in [0.5, 0.6) is 5.75 Å². The third-order valence-corrected chi connectivity index (χ3v) is 6.19. The number of nitrogens with one attached hydrogen (secondary N) is 1. The Bertz CT molecular complexity index is 1570. The van der Waals surface area contributed by atoms with Gasteiger partial charge >= 0.3 is 6.61 Å². The van der Waals surface area contributed by atoms with E-state index in [9.17, 15) is 23.6 Å². The third kappa shape index (κ3) is 4.88. The Kier molecular flexibility index (Phi) is 6.46. The summed E-state index contributed by atoms with van der Waals surface area (Å²) in [4.78, 5) is 31.2. The molecule has 0 aliphatic heterocycles. The normalized spacial score (nSPS) is 16.3. The van der Waals surface area contributed by atoms with Crippen molar-refractivity contribution in [3.05, 3.63) is 60.2 Å². The minimum atomic E-state index is -3.10. The van der Waals surface area contributed by atoms with Crippen LogP contribution in [0.25, 0.3) is 16.9 Å². The van der Waals surface area contributed by atoms with E-state index in [1.54, 1.807) is 38.5 Å². The molecule has 2 amide bonds. The molecule has 0 saturated heterocycles. The summed E-state index contributed by atoms with van der Waals surface area (Å²) in [5.41, 5.74) is 1.75. The Hall–Kier alpha value is -4.86. The molecular weight excluding hydrogens is 498 g/mol. The average molecular weight is 521 g/mol. The number of fused-ring (bicyclic) bond motifs is 1. The van der Waals surface area contributed by atoms with Gasteiger partial charge in [0, 0.05) is 44.2 Å². The second kappa shape index (κ2) is 9.89. The first-order valence-corrected chi connectivity index (χ1v) is 11.6. The summed E-state index contributed by atoms with van der Waals surface area (Å²) >= 11 is 0. The van der Waals surface area contributed by atoms with Crippen LogP contribution >= 0.6 is 0 Å². The zero-order chi connectivity index (χ0) is 27.0. The van der Waals surface area contributed by atoms with Crippen LogP contribution in [-0.2, 0) is 11.3 Å². The molecule has 2 unspecified atom stereocenters. The molecule has 13 heteroatoms. The Morgan fingerprint density at radius 2 is 2.16 bits per heavy atom. The van der Waals surface area contributed by atoms with Crippen LogP contribution in [0.2, 0.25) is 0 Å². The van der Waals surface area contributed by atoms with Crippen molar-refractivity contribution in [3.8, 4) is 23.1 Å². The lowest BCUT2D eigenvalue weighted by Crippen LogP contribution is -2.26. The summed E-state index contributed by atoms with van der Waals surface area (Å²) in [6.45, 7) is -3.26. The van der Waals surface area contributed by atoms with E-state index in [1.807, 2.05) is 0 Å². The summed E-state index contributed by atoms with van der Waals surface area (Å²) in [5.74, 6) is -1.19. The van der Waals surface area contributed by atoms with E-state index in [0.29, 0.717) is 12.1 Å². The van der Waals surface area contributed by atoms with Crippen molar-refractivity contribution in [1.82, 2.24) is 29.3 Å². The van der Waals surface area contributed by atoms with E-state index in [2.05, 4.69) is 26.6 Å². The fraction of sp³-hybridized carbons (Fsp3) is 0.280. The van der Waals surface area contributed by atoms with E-state index in [4.69, 9.17) is 4.74 Å². The highest BCUT2D eigenvalue weighted by Crippen LogP contribution is 2.49. The summed E-state index contributed by atoms with van der Waals surface area (Å²) in [7, 11) is 3.18. The Morgan fingerprint density at radius 1 is 1.34 bits per heavy atom. The molecule has 0 bridgehead atoms. The van der Waals surface area contributed by atoms with Gasteiger partial charge in [0.25, 0.3) is 5.91 Å². The monoisotopic (exact) mass is 520 g/mol. The van der Waals surface area contributed by atoms with Gasteiger partial charge in [-0.05, 0) is 30.2 Å². The molecule has 1 N–H and O–H groups in total. The Morgan fingerprint density at radius 3 is 2.87 bits per heavy atom. The maximum atomic E-state index is 13.3. The molecule has 11 nitrogen and oxygen atoms in total. The summed E-state index contributed by atoms with van der Waals surface area (Å²) in [6, 6.07) is 8.55. The number of alkyl halides is 2. The number of nitrogens with zero attached hydrogens (tertiary/aromatic N) is 7. The van der Waals surface area contributed by atoms with Crippen LogP contribution in [0.4, 0.5) is 14.5 Å². The van der Waals surface area contributed by atoms with Crippen LogP contribution < -0.4 is 10.1 Å². The number of amides is 2. The Balaban J connectivity index is 1.58. The number of carbonyl (C=O) groups is 2. The van der Waals surface area contributed by atoms with Gasteiger partial charge in [0.2, 0.25) is 5.91 Å². The number of aromatic nitrogens is 5. The predicted octanol–water partition coefficient (Wildman–Crippen LogP) is 3.16. The van der Waals surface area contributed by atoms with Gasteiger partial charge in [0.05, 0.1) is 23.9 Å². The molecule has 0 spiro atoms. The second-order valence-electron chi connectivity index (χ2n) is 8.99. The summed E-state index contributed by atoms with van der Waals surface area (Å²) in [6.07, 6.45) is 6.62. The maximum Gasteiger partial charge on any atom is 0.387 e. The van der Waals surface area contributed by atoms with Crippen molar-refractivity contribution in [2.24, 2.45) is 5.92 Å². The average Bonchev–Trinajstić information content (AvgIpc) is 3.39. The minimum Gasteiger partial charge on any atom is -0.434 e. The van der Waals surface area contributed by atoms with Crippen LogP contribution in [0, 0.1) is 17.2 Å². The molecule has 5 rings (SSSR count). The number of anilines is 1. The molecule has 1 aliphatic rings. The van der Waals surface area contributed by atoms with E-state index in [0.717, 1.165) is 5.56 Å². The molecular formula is C25H22F2N8O3. The molecule has 3 heterocycles. The highest BCUT2D eigenvalue weighted by molar-refractivity contribution is 6.09. The van der Waals surface area contributed by atoms with Gasteiger partial charge in [-0.15, -0.1) is 0 Å². The molecule has 0 radical (unpaired) electrons. The van der Waals surface area contributed by atoms with E-state index < -0.39 is 12.5 Å². The number of nitriles is 1. The molecule has 38 heavy (non-hydrogen) atoms. The first-order chi connectivity index (χ1) is 18.2. The van der Waals surface area contributed by atoms with Gasteiger partial charge in [-0.1, -0.05) is 6.07 Å². The number of benzene rings is 1. The van der Waals surface area contributed by atoms with Gasteiger partial charge in [-0.3, -0.25) is 14.3 Å². The van der Waals surface area contributed by atoms with Crippen molar-refractivity contribution >= 4 is 23.1 Å². The highest BCUT2D eigenvalue weighted by atomic mass is 19.3. The van der Waals surface area contributed by atoms with Gasteiger partial charge < -0.3 is 15.0 Å². The van der Waals surface area contributed by atoms with Crippen LogP contribution in [0.15, 0.2) is 49.1 Å². The number of ether oxygens (including phenoxy) is 1. The second-order valence-corrected chi connectivity index (χ2v) is 8.99. The van der Waals surface area contributed by atoms with Crippen LogP contribution in [0.3, 0.4) is 0 Å². The van der Waals surface area contributed by atoms with Crippen molar-refractivity contribution in [1.29, 1.82) is 5.26 Å².